The van der Waals surface area contributed by atoms with Gasteiger partial charge in [0.05, 0.1) is 22.9 Å². The number of carbonyl (C=O) groups excluding carboxylic acids is 2. The maximum atomic E-state index is 14.6. The molecule has 1 unspecified atom stereocenters. The molecule has 15 heteroatoms. The van der Waals surface area contributed by atoms with Crippen molar-refractivity contribution in [3.05, 3.63) is 34.5 Å². The van der Waals surface area contributed by atoms with Gasteiger partial charge in [0, 0.05) is 31.1 Å². The summed E-state index contributed by atoms with van der Waals surface area (Å²) in [6, 6.07) is 1.19. The molecule has 2 atom stereocenters. The van der Waals surface area contributed by atoms with Crippen LogP contribution in [-0.2, 0) is 19.6 Å². The van der Waals surface area contributed by atoms with Gasteiger partial charge in [0.1, 0.15) is 22.4 Å². The number of β-amino-alcohol motifs (C(OH)–C–C–N with tert-alkyl or cyclic N) is 1. The van der Waals surface area contributed by atoms with E-state index in [9.17, 15) is 27.5 Å². The summed E-state index contributed by atoms with van der Waals surface area (Å²) in [4.78, 5) is 29.8. The van der Waals surface area contributed by atoms with Crippen LogP contribution in [0, 0.1) is 5.82 Å². The van der Waals surface area contributed by atoms with Crippen LogP contribution in [0.5, 0.6) is 0 Å². The fourth-order valence-corrected chi connectivity index (χ4v) is 6.10. The van der Waals surface area contributed by atoms with Crippen molar-refractivity contribution in [1.82, 2.24) is 15.2 Å². The van der Waals surface area contributed by atoms with Gasteiger partial charge in [0.2, 0.25) is 5.91 Å². The second-order valence-electron chi connectivity index (χ2n) is 10.5. The Morgan fingerprint density at radius 3 is 2.64 bits per heavy atom. The molecule has 0 bridgehead atoms. The molecule has 1 fully saturated rings. The predicted octanol–water partition coefficient (Wildman–Crippen LogP) is 3.81. The molecular formula is C24H33ClFN5O6S2. The summed E-state index contributed by atoms with van der Waals surface area (Å²) in [7, 11) is -4.20. The molecule has 2 amide bonds. The SMILES string of the molecule is CC1(O)C[C@@H](C(=O)NCCCCNc2cc(F)c(S(=O)(=O)Nc3nccs3)cc2Cl)N(C(=O)OC(C)(C)C)C1. The highest BCUT2D eigenvalue weighted by molar-refractivity contribution is 7.93. The van der Waals surface area contributed by atoms with Crippen molar-refractivity contribution in [1.29, 1.82) is 0 Å². The molecule has 3 rings (SSSR count). The number of hydrogen-bond donors (Lipinski definition) is 4. The third kappa shape index (κ3) is 8.65. The third-order valence-electron chi connectivity index (χ3n) is 5.63. The number of carbonyl (C=O) groups is 2. The largest absolute Gasteiger partial charge is 0.444 e. The van der Waals surface area contributed by atoms with E-state index in [2.05, 4.69) is 20.3 Å². The van der Waals surface area contributed by atoms with Crippen LogP contribution >= 0.6 is 22.9 Å². The van der Waals surface area contributed by atoms with Gasteiger partial charge in [-0.1, -0.05) is 11.6 Å². The van der Waals surface area contributed by atoms with Crippen LogP contribution in [0.2, 0.25) is 5.02 Å². The lowest BCUT2D eigenvalue weighted by atomic mass is 10.0. The van der Waals surface area contributed by atoms with Gasteiger partial charge in [0.25, 0.3) is 10.0 Å². The minimum absolute atomic E-state index is 0.0116. The summed E-state index contributed by atoms with van der Waals surface area (Å²) in [6.07, 6.45) is 1.98. The van der Waals surface area contributed by atoms with Gasteiger partial charge in [-0.2, -0.15) is 0 Å². The highest BCUT2D eigenvalue weighted by Gasteiger charge is 2.46. The number of aromatic nitrogens is 1. The zero-order chi connectivity index (χ0) is 29.0. The molecular weight excluding hydrogens is 573 g/mol. The molecule has 2 aromatic rings. The molecule has 0 saturated carbocycles. The van der Waals surface area contributed by atoms with Crippen LogP contribution in [0.3, 0.4) is 0 Å². The number of halogens is 2. The fraction of sp³-hybridized carbons (Fsp3) is 0.542. The van der Waals surface area contributed by atoms with E-state index >= 15 is 0 Å². The van der Waals surface area contributed by atoms with E-state index in [-0.39, 0.29) is 34.7 Å². The van der Waals surface area contributed by atoms with Crippen LogP contribution in [0.1, 0.15) is 47.0 Å². The summed E-state index contributed by atoms with van der Waals surface area (Å²) in [5.74, 6) is -1.36. The van der Waals surface area contributed by atoms with Crippen LogP contribution in [0.25, 0.3) is 0 Å². The summed E-state index contributed by atoms with van der Waals surface area (Å²) >= 11 is 7.25. The van der Waals surface area contributed by atoms with E-state index in [1.54, 1.807) is 33.1 Å². The number of ether oxygens (including phenoxy) is 1. The number of thiazole rings is 1. The normalized spacial score (nSPS) is 19.6. The topological polar surface area (TPSA) is 150 Å². The van der Waals surface area contributed by atoms with E-state index in [1.165, 1.54) is 11.1 Å². The fourth-order valence-electron chi connectivity index (χ4n) is 3.93. The molecule has 4 N–H and O–H groups in total. The quantitative estimate of drug-likeness (QED) is 0.299. The Morgan fingerprint density at radius 1 is 1.31 bits per heavy atom. The number of anilines is 2. The third-order valence-corrected chi connectivity index (χ3v) is 8.12. The van der Waals surface area contributed by atoms with Gasteiger partial charge in [0.15, 0.2) is 5.13 Å². The number of hydrogen-bond acceptors (Lipinski definition) is 9. The molecule has 0 aliphatic carbocycles. The highest BCUT2D eigenvalue weighted by atomic mass is 35.5. The molecule has 1 saturated heterocycles. The van der Waals surface area contributed by atoms with E-state index in [0.29, 0.717) is 25.9 Å². The van der Waals surface area contributed by atoms with Crippen LogP contribution in [0.15, 0.2) is 28.6 Å². The van der Waals surface area contributed by atoms with E-state index in [4.69, 9.17) is 16.3 Å². The second kappa shape index (κ2) is 12.2. The van der Waals surface area contributed by atoms with Crippen molar-refractivity contribution in [2.75, 3.05) is 29.7 Å². The van der Waals surface area contributed by atoms with Crippen molar-refractivity contribution < 1.29 is 32.2 Å². The average Bonchev–Trinajstić information content (AvgIpc) is 3.43. The summed E-state index contributed by atoms with van der Waals surface area (Å²) in [5, 5.41) is 17.9. The number of rotatable bonds is 10. The van der Waals surface area contributed by atoms with Gasteiger partial charge >= 0.3 is 6.09 Å². The molecule has 1 aromatic carbocycles. The Bertz CT molecular complexity index is 1280. The smallest absolute Gasteiger partial charge is 0.411 e. The molecule has 11 nitrogen and oxygen atoms in total. The number of aliphatic hydroxyl groups is 1. The van der Waals surface area contributed by atoms with Crippen molar-refractivity contribution >= 4 is 55.8 Å². The first-order valence-corrected chi connectivity index (χ1v) is 15.0. The molecule has 0 radical (unpaired) electrons. The number of sulfonamides is 1. The molecule has 0 spiro atoms. The van der Waals surface area contributed by atoms with Crippen LogP contribution in [-0.4, -0.2) is 72.3 Å². The number of amides is 2. The Labute approximate surface area is 236 Å². The highest BCUT2D eigenvalue weighted by Crippen LogP contribution is 2.30. The monoisotopic (exact) mass is 605 g/mol. The molecule has 2 heterocycles. The molecule has 1 aliphatic heterocycles. The van der Waals surface area contributed by atoms with Crippen molar-refractivity contribution in [2.24, 2.45) is 0 Å². The van der Waals surface area contributed by atoms with Crippen molar-refractivity contribution in [2.45, 2.75) is 69.1 Å². The zero-order valence-electron chi connectivity index (χ0n) is 22.1. The van der Waals surface area contributed by atoms with E-state index in [1.807, 2.05) is 0 Å². The standard InChI is InChI=1S/C24H33ClFN5O6S2/c1-23(2,3)37-22(33)31-14-24(4,34)13-18(31)20(32)28-8-6-5-7-27-17-12-16(26)19(11-15(17)25)39(35,36)30-21-29-9-10-38-21/h9-12,18,27,34H,5-8,13-14H2,1-4H3,(H,28,32)(H,29,30)/t18-,24?/m0/s1. The number of unbranched alkanes of at least 4 members (excludes halogenated alkanes) is 1. The maximum Gasteiger partial charge on any atom is 0.411 e. The molecule has 1 aromatic heterocycles. The molecule has 39 heavy (non-hydrogen) atoms. The van der Waals surface area contributed by atoms with Gasteiger partial charge < -0.3 is 20.5 Å². The minimum Gasteiger partial charge on any atom is -0.444 e. The lowest BCUT2D eigenvalue weighted by Gasteiger charge is -2.28. The van der Waals surface area contributed by atoms with Crippen molar-refractivity contribution in [3.63, 3.8) is 0 Å². The number of nitrogens with one attached hydrogen (secondary N) is 3. The maximum absolute atomic E-state index is 14.6. The molecule has 1 aliphatic rings. The van der Waals surface area contributed by atoms with E-state index in [0.717, 1.165) is 23.5 Å². The first kappa shape index (κ1) is 30.9. The van der Waals surface area contributed by atoms with Gasteiger partial charge in [-0.25, -0.2) is 22.6 Å². The zero-order valence-corrected chi connectivity index (χ0v) is 24.5. The van der Waals surface area contributed by atoms with Gasteiger partial charge in [-0.3, -0.25) is 14.4 Å². The Hall–Kier alpha value is -2.68. The van der Waals surface area contributed by atoms with Gasteiger partial charge in [-0.15, -0.1) is 11.3 Å². The predicted molar refractivity (Wildman–Crippen MR) is 147 cm³/mol. The minimum atomic E-state index is -4.20. The summed E-state index contributed by atoms with van der Waals surface area (Å²) in [5.41, 5.74) is -1.71. The lowest BCUT2D eigenvalue weighted by molar-refractivity contribution is -0.125. The number of likely N-dealkylation sites (tertiary alicyclic amines) is 1. The number of nitrogens with zero attached hydrogens (tertiary/aromatic N) is 2. The first-order valence-electron chi connectivity index (χ1n) is 12.2. The number of benzene rings is 1. The van der Waals surface area contributed by atoms with Crippen LogP contribution < -0.4 is 15.4 Å². The second-order valence-corrected chi connectivity index (χ2v) is 13.4. The Balaban J connectivity index is 1.47. The average molecular weight is 606 g/mol. The van der Waals surface area contributed by atoms with E-state index < -0.39 is 44.1 Å². The Kier molecular flexibility index (Phi) is 9.68. The van der Waals surface area contributed by atoms with Gasteiger partial charge in [-0.05, 0) is 52.7 Å². The van der Waals surface area contributed by atoms with Crippen LogP contribution in [0.4, 0.5) is 20.0 Å². The lowest BCUT2D eigenvalue weighted by Crippen LogP contribution is -2.47. The summed E-state index contributed by atoms with van der Waals surface area (Å²) < 4.78 is 47.2. The Morgan fingerprint density at radius 2 is 2.00 bits per heavy atom. The summed E-state index contributed by atoms with van der Waals surface area (Å²) in [6.45, 7) is 7.41. The van der Waals surface area contributed by atoms with Crippen molar-refractivity contribution in [3.8, 4) is 0 Å². The molecule has 216 valence electrons. The first-order chi connectivity index (χ1) is 18.1.